The van der Waals surface area contributed by atoms with Crippen LogP contribution in [0.4, 0.5) is 0 Å². The van der Waals surface area contributed by atoms with Crippen molar-refractivity contribution < 1.29 is 0 Å². The first kappa shape index (κ1) is 15.7. The van der Waals surface area contributed by atoms with Gasteiger partial charge in [0, 0.05) is 24.5 Å². The third-order valence-corrected chi connectivity index (χ3v) is 3.65. The van der Waals surface area contributed by atoms with Crippen LogP contribution in [-0.2, 0) is 0 Å². The molecule has 0 aliphatic carbocycles. The van der Waals surface area contributed by atoms with E-state index in [1.807, 2.05) is 18.5 Å². The number of rotatable bonds is 5. The normalized spacial score (nSPS) is 14.7. The molecule has 1 heterocycles. The van der Waals surface area contributed by atoms with Crippen LogP contribution in [-0.4, -0.2) is 4.98 Å². The number of hydrogen-bond acceptors (Lipinski definition) is 2. The highest BCUT2D eigenvalue weighted by molar-refractivity contribution is 5.21. The molecule has 2 rings (SSSR count). The fraction of sp³-hybridized carbons (Fsp3) is 0.421. The van der Waals surface area contributed by atoms with Crippen molar-refractivity contribution in [2.45, 2.75) is 46.2 Å². The average molecular weight is 282 g/mol. The smallest absolute Gasteiger partial charge is 0.0330 e. The topological polar surface area (TPSA) is 24.9 Å². The van der Waals surface area contributed by atoms with Gasteiger partial charge >= 0.3 is 0 Å². The lowest BCUT2D eigenvalue weighted by molar-refractivity contribution is 0.297. The van der Waals surface area contributed by atoms with Crippen molar-refractivity contribution in [3.05, 3.63) is 66.0 Å². The molecule has 0 fully saturated rings. The Labute approximate surface area is 128 Å². The summed E-state index contributed by atoms with van der Waals surface area (Å²) in [5, 5.41) is 3.77. The third kappa shape index (κ3) is 4.98. The van der Waals surface area contributed by atoms with Crippen LogP contribution in [0.15, 0.2) is 54.9 Å². The second-order valence-corrected chi connectivity index (χ2v) is 6.90. The number of pyridine rings is 1. The van der Waals surface area contributed by atoms with Gasteiger partial charge in [0.15, 0.2) is 0 Å². The molecule has 0 amide bonds. The van der Waals surface area contributed by atoms with E-state index in [0.717, 1.165) is 6.42 Å². The van der Waals surface area contributed by atoms with Crippen molar-refractivity contribution in [3.8, 4) is 0 Å². The molecule has 1 aromatic carbocycles. The van der Waals surface area contributed by atoms with Gasteiger partial charge in [-0.1, -0.05) is 57.2 Å². The van der Waals surface area contributed by atoms with E-state index < -0.39 is 0 Å². The van der Waals surface area contributed by atoms with E-state index in [-0.39, 0.29) is 11.5 Å². The Hall–Kier alpha value is -1.67. The summed E-state index contributed by atoms with van der Waals surface area (Å²) in [6.45, 7) is 9.08. The van der Waals surface area contributed by atoms with Crippen LogP contribution in [0, 0.1) is 5.41 Å². The minimum Gasteiger partial charge on any atom is -0.303 e. The van der Waals surface area contributed by atoms with E-state index >= 15 is 0 Å². The number of nitrogens with one attached hydrogen (secondary N) is 1. The summed E-state index contributed by atoms with van der Waals surface area (Å²) < 4.78 is 0. The highest BCUT2D eigenvalue weighted by atomic mass is 14.9. The lowest BCUT2D eigenvalue weighted by Gasteiger charge is -2.30. The standard InChI is InChI=1S/C19H26N2/c1-15(17-11-8-12-20-14-17)21-18(13-19(2,3)4)16-9-6-5-7-10-16/h5-12,14-15,18,21H,13H2,1-4H3/t15-,18?/m0/s1. The molecule has 1 unspecified atom stereocenters. The summed E-state index contributed by atoms with van der Waals surface area (Å²) in [4.78, 5) is 4.22. The van der Waals surface area contributed by atoms with E-state index in [9.17, 15) is 0 Å². The van der Waals surface area contributed by atoms with Gasteiger partial charge in [-0.2, -0.15) is 0 Å². The molecule has 2 aromatic rings. The van der Waals surface area contributed by atoms with Crippen LogP contribution < -0.4 is 5.32 Å². The molecule has 2 heteroatoms. The molecular weight excluding hydrogens is 256 g/mol. The molecule has 112 valence electrons. The highest BCUT2D eigenvalue weighted by Gasteiger charge is 2.22. The predicted octanol–water partition coefficient (Wildman–Crippen LogP) is 4.91. The zero-order chi connectivity index (χ0) is 15.3. The maximum atomic E-state index is 4.22. The quantitative estimate of drug-likeness (QED) is 0.843. The molecule has 2 atom stereocenters. The fourth-order valence-corrected chi connectivity index (χ4v) is 2.60. The maximum Gasteiger partial charge on any atom is 0.0330 e. The Balaban J connectivity index is 2.16. The van der Waals surface area contributed by atoms with Gasteiger partial charge in [0.2, 0.25) is 0 Å². The van der Waals surface area contributed by atoms with Crippen molar-refractivity contribution >= 4 is 0 Å². The SMILES string of the molecule is C[C@H](NC(CC(C)(C)C)c1ccccc1)c1cccnc1. The fourth-order valence-electron chi connectivity index (χ4n) is 2.60. The molecule has 0 saturated carbocycles. The van der Waals surface area contributed by atoms with Crippen molar-refractivity contribution in [2.24, 2.45) is 5.41 Å². The van der Waals surface area contributed by atoms with Gasteiger partial charge in [-0.3, -0.25) is 4.98 Å². The second kappa shape index (κ2) is 6.86. The summed E-state index contributed by atoms with van der Waals surface area (Å²) in [5.41, 5.74) is 2.86. The first-order valence-electron chi connectivity index (χ1n) is 7.66. The molecule has 0 saturated heterocycles. The van der Waals surface area contributed by atoms with E-state index in [2.05, 4.69) is 74.4 Å². The third-order valence-electron chi connectivity index (χ3n) is 3.65. The molecule has 0 aliphatic rings. The maximum absolute atomic E-state index is 4.22. The van der Waals surface area contributed by atoms with Gasteiger partial charge in [-0.15, -0.1) is 0 Å². The number of aromatic nitrogens is 1. The summed E-state index contributed by atoms with van der Waals surface area (Å²) >= 11 is 0. The van der Waals surface area contributed by atoms with Gasteiger partial charge in [-0.05, 0) is 36.0 Å². The van der Waals surface area contributed by atoms with Gasteiger partial charge in [0.25, 0.3) is 0 Å². The monoisotopic (exact) mass is 282 g/mol. The predicted molar refractivity (Wildman–Crippen MR) is 89.0 cm³/mol. The van der Waals surface area contributed by atoms with Crippen LogP contribution in [0.25, 0.3) is 0 Å². The first-order chi connectivity index (χ1) is 9.96. The second-order valence-electron chi connectivity index (χ2n) is 6.90. The lowest BCUT2D eigenvalue weighted by Crippen LogP contribution is -2.28. The van der Waals surface area contributed by atoms with Crippen LogP contribution in [0.5, 0.6) is 0 Å². The average Bonchev–Trinajstić information content (AvgIpc) is 2.47. The van der Waals surface area contributed by atoms with Crippen molar-refractivity contribution in [1.29, 1.82) is 0 Å². The van der Waals surface area contributed by atoms with Crippen LogP contribution in [0.3, 0.4) is 0 Å². The van der Waals surface area contributed by atoms with Crippen molar-refractivity contribution in [2.75, 3.05) is 0 Å². The molecule has 0 spiro atoms. The molecular formula is C19H26N2. The summed E-state index contributed by atoms with van der Waals surface area (Å²) in [5.74, 6) is 0. The minimum atomic E-state index is 0.280. The Bertz CT molecular complexity index is 528. The Morgan fingerprint density at radius 2 is 1.67 bits per heavy atom. The Morgan fingerprint density at radius 1 is 1.00 bits per heavy atom. The molecule has 1 N–H and O–H groups in total. The number of nitrogens with zero attached hydrogens (tertiary/aromatic N) is 1. The molecule has 0 bridgehead atoms. The molecule has 21 heavy (non-hydrogen) atoms. The summed E-state index contributed by atoms with van der Waals surface area (Å²) in [6.07, 6.45) is 4.86. The molecule has 2 nitrogen and oxygen atoms in total. The van der Waals surface area contributed by atoms with Gasteiger partial charge in [0.1, 0.15) is 0 Å². The largest absolute Gasteiger partial charge is 0.303 e. The number of benzene rings is 1. The Morgan fingerprint density at radius 3 is 2.24 bits per heavy atom. The van der Waals surface area contributed by atoms with Crippen LogP contribution >= 0.6 is 0 Å². The van der Waals surface area contributed by atoms with Crippen LogP contribution in [0.2, 0.25) is 0 Å². The van der Waals surface area contributed by atoms with Crippen LogP contribution in [0.1, 0.15) is 57.3 Å². The van der Waals surface area contributed by atoms with E-state index in [1.165, 1.54) is 11.1 Å². The van der Waals surface area contributed by atoms with Gasteiger partial charge in [-0.25, -0.2) is 0 Å². The van der Waals surface area contributed by atoms with Crippen molar-refractivity contribution in [3.63, 3.8) is 0 Å². The highest BCUT2D eigenvalue weighted by Crippen LogP contribution is 2.31. The summed E-state index contributed by atoms with van der Waals surface area (Å²) in [7, 11) is 0. The van der Waals surface area contributed by atoms with Gasteiger partial charge in [0.05, 0.1) is 0 Å². The molecule has 0 radical (unpaired) electrons. The first-order valence-corrected chi connectivity index (χ1v) is 7.66. The zero-order valence-electron chi connectivity index (χ0n) is 13.5. The van der Waals surface area contributed by atoms with E-state index in [0.29, 0.717) is 6.04 Å². The van der Waals surface area contributed by atoms with E-state index in [4.69, 9.17) is 0 Å². The molecule has 1 aromatic heterocycles. The lowest BCUT2D eigenvalue weighted by atomic mass is 9.85. The molecule has 0 aliphatic heterocycles. The van der Waals surface area contributed by atoms with Gasteiger partial charge < -0.3 is 5.32 Å². The Kier molecular flexibility index (Phi) is 5.13. The zero-order valence-corrected chi connectivity index (χ0v) is 13.5. The van der Waals surface area contributed by atoms with Crippen molar-refractivity contribution in [1.82, 2.24) is 10.3 Å². The summed E-state index contributed by atoms with van der Waals surface area (Å²) in [6, 6.07) is 15.5. The minimum absolute atomic E-state index is 0.280. The number of hydrogen-bond donors (Lipinski definition) is 1. The van der Waals surface area contributed by atoms with E-state index in [1.54, 1.807) is 0 Å².